The van der Waals surface area contributed by atoms with Crippen LogP contribution in [0.5, 0.6) is 0 Å². The lowest BCUT2D eigenvalue weighted by molar-refractivity contribution is -0.123. The van der Waals surface area contributed by atoms with Crippen molar-refractivity contribution < 1.29 is 9.59 Å². The third kappa shape index (κ3) is 1.55. The van der Waals surface area contributed by atoms with Crippen molar-refractivity contribution in [2.75, 3.05) is 6.54 Å². The van der Waals surface area contributed by atoms with Crippen LogP contribution in [0.15, 0.2) is 12.2 Å². The molecule has 0 radical (unpaired) electrons. The molecule has 1 aliphatic heterocycles. The Morgan fingerprint density at radius 2 is 2.42 bits per heavy atom. The fourth-order valence-corrected chi connectivity index (χ4v) is 1.35. The molecule has 1 rings (SSSR count). The Morgan fingerprint density at radius 3 is 2.83 bits per heavy atom. The number of Topliss-reactive ketones (excluding diaryl/α,β-unsaturated/α-hetero) is 1. The van der Waals surface area contributed by atoms with Crippen molar-refractivity contribution in [2.24, 2.45) is 5.92 Å². The minimum Gasteiger partial charge on any atom is -0.356 e. The second-order valence-electron chi connectivity index (χ2n) is 2.93. The van der Waals surface area contributed by atoms with E-state index in [1.54, 1.807) is 6.92 Å². The number of carbonyl (C=O) groups is 2. The van der Waals surface area contributed by atoms with Gasteiger partial charge in [-0.25, -0.2) is 0 Å². The fraction of sp³-hybridized carbons (Fsp3) is 0.556. The lowest BCUT2D eigenvalue weighted by Crippen LogP contribution is -2.22. The van der Waals surface area contributed by atoms with Crippen LogP contribution < -0.4 is 5.32 Å². The van der Waals surface area contributed by atoms with Gasteiger partial charge in [0.15, 0.2) is 5.78 Å². The molecule has 0 aromatic rings. The molecule has 1 N–H and O–H groups in total. The van der Waals surface area contributed by atoms with E-state index < -0.39 is 0 Å². The molecule has 1 heterocycles. The molecule has 0 aromatic carbocycles. The smallest absolute Gasteiger partial charge is 0.227 e. The summed E-state index contributed by atoms with van der Waals surface area (Å²) in [5.41, 5.74) is 0.465. The Labute approximate surface area is 71.8 Å². The Balaban J connectivity index is 2.63. The molecule has 0 bridgehead atoms. The molecule has 1 atom stereocenters. The van der Waals surface area contributed by atoms with E-state index in [1.807, 2.05) is 0 Å². The normalized spacial score (nSPS) is 22.1. The van der Waals surface area contributed by atoms with Gasteiger partial charge in [0.2, 0.25) is 5.91 Å². The van der Waals surface area contributed by atoms with Crippen LogP contribution in [0.2, 0.25) is 0 Å². The summed E-state index contributed by atoms with van der Waals surface area (Å²) in [5, 5.41) is 2.68. The maximum atomic E-state index is 11.2. The lowest BCUT2D eigenvalue weighted by Gasteiger charge is -2.07. The summed E-state index contributed by atoms with van der Waals surface area (Å²) in [4.78, 5) is 22.3. The van der Waals surface area contributed by atoms with Crippen molar-refractivity contribution in [2.45, 2.75) is 19.8 Å². The molecule has 3 heteroatoms. The Morgan fingerprint density at radius 1 is 1.75 bits per heavy atom. The van der Waals surface area contributed by atoms with E-state index in [9.17, 15) is 9.59 Å². The van der Waals surface area contributed by atoms with Crippen molar-refractivity contribution in [3.63, 3.8) is 0 Å². The average molecular weight is 167 g/mol. The monoisotopic (exact) mass is 167 g/mol. The molecule has 0 aliphatic carbocycles. The molecule has 0 saturated carbocycles. The second kappa shape index (κ2) is 3.52. The fourth-order valence-electron chi connectivity index (χ4n) is 1.35. The predicted octanol–water partition coefficient (Wildman–Crippen LogP) is 0.658. The highest BCUT2D eigenvalue weighted by Gasteiger charge is 2.28. The van der Waals surface area contributed by atoms with Crippen molar-refractivity contribution in [3.05, 3.63) is 12.2 Å². The van der Waals surface area contributed by atoms with Crippen molar-refractivity contribution >= 4 is 11.7 Å². The van der Waals surface area contributed by atoms with Gasteiger partial charge < -0.3 is 5.32 Å². The number of hydrogen-bond acceptors (Lipinski definition) is 2. The van der Waals surface area contributed by atoms with Crippen LogP contribution >= 0.6 is 0 Å². The Bertz CT molecular complexity index is 233. The summed E-state index contributed by atoms with van der Waals surface area (Å²) >= 11 is 0. The lowest BCUT2D eigenvalue weighted by atomic mass is 9.94. The van der Waals surface area contributed by atoms with Crippen molar-refractivity contribution in [1.29, 1.82) is 0 Å². The first-order valence-corrected chi connectivity index (χ1v) is 4.16. The molecular weight excluding hydrogens is 154 g/mol. The summed E-state index contributed by atoms with van der Waals surface area (Å²) in [6.07, 6.45) is 1.14. The maximum absolute atomic E-state index is 11.2. The topological polar surface area (TPSA) is 46.2 Å². The minimum absolute atomic E-state index is 0.00273. The second-order valence-corrected chi connectivity index (χ2v) is 2.93. The van der Waals surface area contributed by atoms with Gasteiger partial charge in [-0.05, 0) is 6.42 Å². The van der Waals surface area contributed by atoms with Crippen LogP contribution in [0.4, 0.5) is 0 Å². The first-order chi connectivity index (χ1) is 5.66. The summed E-state index contributed by atoms with van der Waals surface area (Å²) < 4.78 is 0. The van der Waals surface area contributed by atoms with E-state index in [4.69, 9.17) is 0 Å². The van der Waals surface area contributed by atoms with Gasteiger partial charge in [0.25, 0.3) is 0 Å². The van der Waals surface area contributed by atoms with Crippen LogP contribution in [0.1, 0.15) is 19.8 Å². The maximum Gasteiger partial charge on any atom is 0.227 e. The summed E-state index contributed by atoms with van der Waals surface area (Å²) in [6.45, 7) is 6.09. The van der Waals surface area contributed by atoms with E-state index in [2.05, 4.69) is 11.9 Å². The van der Waals surface area contributed by atoms with E-state index in [0.29, 0.717) is 25.0 Å². The average Bonchev–Trinajstić information content (AvgIpc) is 2.48. The molecular formula is C9H13NO2. The van der Waals surface area contributed by atoms with E-state index in [0.717, 1.165) is 0 Å². The number of amides is 1. The van der Waals surface area contributed by atoms with Crippen LogP contribution in [-0.4, -0.2) is 18.2 Å². The van der Waals surface area contributed by atoms with E-state index >= 15 is 0 Å². The first-order valence-electron chi connectivity index (χ1n) is 4.16. The molecule has 1 fully saturated rings. The quantitative estimate of drug-likeness (QED) is 0.627. The van der Waals surface area contributed by atoms with Gasteiger partial charge in [0.05, 0.1) is 5.92 Å². The zero-order chi connectivity index (χ0) is 9.14. The first kappa shape index (κ1) is 8.97. The Kier molecular flexibility index (Phi) is 2.63. The summed E-state index contributed by atoms with van der Waals surface area (Å²) in [6, 6.07) is 0. The van der Waals surface area contributed by atoms with Gasteiger partial charge in [-0.3, -0.25) is 9.59 Å². The number of hydrogen-bond donors (Lipinski definition) is 1. The number of carbonyl (C=O) groups excluding carboxylic acids is 2. The highest BCUT2D eigenvalue weighted by molar-refractivity contribution is 6.01. The number of rotatable bonds is 3. The standard InChI is InChI=1S/C9H13NO2/c1-3-8(11)6(2)7-4-5-10-9(7)12/h7H,2-5H2,1H3,(H,10,12). The van der Waals surface area contributed by atoms with Gasteiger partial charge in [0, 0.05) is 18.5 Å². The van der Waals surface area contributed by atoms with Crippen molar-refractivity contribution in [3.8, 4) is 0 Å². The molecule has 0 aromatic heterocycles. The van der Waals surface area contributed by atoms with Crippen LogP contribution in [0, 0.1) is 5.92 Å². The highest BCUT2D eigenvalue weighted by atomic mass is 16.2. The third-order valence-corrected chi connectivity index (χ3v) is 2.15. The molecule has 0 spiro atoms. The number of nitrogens with one attached hydrogen (secondary N) is 1. The zero-order valence-electron chi connectivity index (χ0n) is 7.22. The molecule has 1 amide bonds. The molecule has 1 saturated heterocycles. The molecule has 12 heavy (non-hydrogen) atoms. The van der Waals surface area contributed by atoms with Gasteiger partial charge in [-0.15, -0.1) is 0 Å². The molecule has 66 valence electrons. The SMILES string of the molecule is C=C(C(=O)CC)C1CCNC1=O. The minimum atomic E-state index is -0.266. The summed E-state index contributed by atoms with van der Waals surface area (Å²) in [5.74, 6) is -0.323. The van der Waals surface area contributed by atoms with Crippen LogP contribution in [0.25, 0.3) is 0 Å². The summed E-state index contributed by atoms with van der Waals surface area (Å²) in [7, 11) is 0. The van der Waals surface area contributed by atoms with Gasteiger partial charge in [0.1, 0.15) is 0 Å². The molecule has 1 aliphatic rings. The van der Waals surface area contributed by atoms with Crippen LogP contribution in [0.3, 0.4) is 0 Å². The van der Waals surface area contributed by atoms with Gasteiger partial charge >= 0.3 is 0 Å². The van der Waals surface area contributed by atoms with E-state index in [1.165, 1.54) is 0 Å². The Hall–Kier alpha value is -1.12. The van der Waals surface area contributed by atoms with E-state index in [-0.39, 0.29) is 17.6 Å². The molecule has 3 nitrogen and oxygen atoms in total. The third-order valence-electron chi connectivity index (χ3n) is 2.15. The molecule has 1 unspecified atom stereocenters. The van der Waals surface area contributed by atoms with Crippen molar-refractivity contribution in [1.82, 2.24) is 5.32 Å². The van der Waals surface area contributed by atoms with Gasteiger partial charge in [-0.1, -0.05) is 13.5 Å². The highest BCUT2D eigenvalue weighted by Crippen LogP contribution is 2.19. The zero-order valence-corrected chi connectivity index (χ0v) is 7.22. The number of ketones is 1. The van der Waals surface area contributed by atoms with Gasteiger partial charge in [-0.2, -0.15) is 0 Å². The largest absolute Gasteiger partial charge is 0.356 e. The predicted molar refractivity (Wildman–Crippen MR) is 45.6 cm³/mol. The van der Waals surface area contributed by atoms with Crippen LogP contribution in [-0.2, 0) is 9.59 Å².